The number of aromatic nitrogens is 2. The first kappa shape index (κ1) is 39.6. The summed E-state index contributed by atoms with van der Waals surface area (Å²) in [6, 6.07) is 18.3. The lowest BCUT2D eigenvalue weighted by Crippen LogP contribution is -2.65. The van der Waals surface area contributed by atoms with Crippen molar-refractivity contribution in [2.24, 2.45) is 11.8 Å². The minimum atomic E-state index is -2.92. The van der Waals surface area contributed by atoms with Crippen LogP contribution in [0, 0.1) is 11.8 Å². The van der Waals surface area contributed by atoms with Crippen LogP contribution in [0.4, 0.5) is 5.82 Å². The molecular weight excluding hydrogens is 796 g/mol. The SMILES string of the molecule is CC(=O)Nc1nc(Br)c2c(c1OCc1ccccc1)C(=O)C1=C(O)[C@]3(O[Si](C)(C)C(C)(C)C)C(=O)c4c(OCc5ccccc5)noc4[C@@H](N(C)C)[C@@H]3C[C@@H]1C2. The molecule has 2 aromatic carbocycles. The molecule has 0 aliphatic heterocycles. The highest BCUT2D eigenvalue weighted by atomic mass is 79.9. The van der Waals surface area contributed by atoms with Crippen molar-refractivity contribution in [3.63, 3.8) is 0 Å². The lowest BCUT2D eigenvalue weighted by molar-refractivity contribution is -0.114. The van der Waals surface area contributed by atoms with Gasteiger partial charge in [0, 0.05) is 24.0 Å². The van der Waals surface area contributed by atoms with Gasteiger partial charge >= 0.3 is 0 Å². The molecule has 12 nitrogen and oxygen atoms in total. The molecule has 4 atom stereocenters. The van der Waals surface area contributed by atoms with E-state index in [4.69, 9.17) is 18.4 Å². The number of ketones is 2. The fourth-order valence-electron chi connectivity index (χ4n) is 7.98. The number of aliphatic hydroxyl groups is 1. The second-order valence-corrected chi connectivity index (χ2v) is 22.0. The summed E-state index contributed by atoms with van der Waals surface area (Å²) >= 11 is 3.59. The maximum atomic E-state index is 15.5. The van der Waals surface area contributed by atoms with Gasteiger partial charge in [0.15, 0.2) is 37.0 Å². The van der Waals surface area contributed by atoms with Crippen molar-refractivity contribution in [1.29, 1.82) is 0 Å². The third-order valence-electron chi connectivity index (χ3n) is 11.6. The van der Waals surface area contributed by atoms with Gasteiger partial charge in [-0.2, -0.15) is 0 Å². The maximum absolute atomic E-state index is 15.5. The van der Waals surface area contributed by atoms with Crippen LogP contribution in [0.25, 0.3) is 0 Å². The number of aliphatic hydroxyl groups excluding tert-OH is 1. The smallest absolute Gasteiger partial charge is 0.265 e. The Hall–Kier alpha value is -4.63. The van der Waals surface area contributed by atoms with E-state index in [9.17, 15) is 9.90 Å². The number of amides is 1. The van der Waals surface area contributed by atoms with Crippen molar-refractivity contribution in [2.75, 3.05) is 19.4 Å². The number of pyridine rings is 1. The number of nitrogens with zero attached hydrogens (tertiary/aromatic N) is 3. The van der Waals surface area contributed by atoms with Crippen LogP contribution in [0.5, 0.6) is 11.6 Å². The number of anilines is 1. The van der Waals surface area contributed by atoms with Crippen LogP contribution in [-0.4, -0.2) is 65.6 Å². The van der Waals surface area contributed by atoms with E-state index in [1.165, 1.54) is 6.92 Å². The number of carbonyl (C=O) groups excluding carboxylic acids is 3. The molecule has 294 valence electrons. The summed E-state index contributed by atoms with van der Waals surface area (Å²) < 4.78 is 26.2. The van der Waals surface area contributed by atoms with Gasteiger partial charge in [0.1, 0.15) is 29.1 Å². The summed E-state index contributed by atoms with van der Waals surface area (Å²) in [6.07, 6.45) is 0.569. The molecule has 0 unspecified atom stereocenters. The minimum Gasteiger partial charge on any atom is -0.508 e. The predicted octanol–water partition coefficient (Wildman–Crippen LogP) is 8.40. The molecule has 0 fully saturated rings. The van der Waals surface area contributed by atoms with Gasteiger partial charge in [-0.05, 0) is 83.2 Å². The average Bonchev–Trinajstić information content (AvgIpc) is 3.55. The fraction of sp³-hybridized carbons (Fsp3) is 0.405. The fourth-order valence-corrected chi connectivity index (χ4v) is 9.97. The van der Waals surface area contributed by atoms with Gasteiger partial charge in [-0.15, -0.1) is 0 Å². The quantitative estimate of drug-likeness (QED) is 0.117. The van der Waals surface area contributed by atoms with E-state index >= 15 is 9.59 Å². The van der Waals surface area contributed by atoms with Crippen molar-refractivity contribution in [3.05, 3.63) is 110 Å². The van der Waals surface area contributed by atoms with Crippen LogP contribution >= 0.6 is 15.9 Å². The first-order valence-corrected chi connectivity index (χ1v) is 22.4. The van der Waals surface area contributed by atoms with Gasteiger partial charge in [0.2, 0.25) is 11.7 Å². The lowest BCUT2D eigenvalue weighted by atomic mass is 9.58. The van der Waals surface area contributed by atoms with E-state index < -0.39 is 60.1 Å². The number of halogens is 1. The van der Waals surface area contributed by atoms with Crippen LogP contribution in [-0.2, 0) is 28.9 Å². The van der Waals surface area contributed by atoms with E-state index in [-0.39, 0.29) is 60.2 Å². The third-order valence-corrected chi connectivity index (χ3v) is 16.7. The zero-order chi connectivity index (χ0) is 40.3. The van der Waals surface area contributed by atoms with Crippen LogP contribution in [0.2, 0.25) is 18.1 Å². The maximum Gasteiger partial charge on any atom is 0.265 e. The monoisotopic (exact) mass is 842 g/mol. The van der Waals surface area contributed by atoms with Gasteiger partial charge in [-0.1, -0.05) is 81.4 Å². The van der Waals surface area contributed by atoms with Crippen molar-refractivity contribution in [1.82, 2.24) is 15.0 Å². The van der Waals surface area contributed by atoms with Crippen molar-refractivity contribution in [2.45, 2.75) is 83.5 Å². The normalized spacial score (nSPS) is 21.9. The Bertz CT molecular complexity index is 2230. The topological polar surface area (TPSA) is 153 Å². The molecule has 3 aliphatic carbocycles. The Kier molecular flexibility index (Phi) is 10.4. The van der Waals surface area contributed by atoms with E-state index in [0.29, 0.717) is 15.9 Å². The molecule has 4 aromatic rings. The highest BCUT2D eigenvalue weighted by Gasteiger charge is 2.67. The van der Waals surface area contributed by atoms with Crippen LogP contribution < -0.4 is 14.8 Å². The van der Waals surface area contributed by atoms with Crippen LogP contribution in [0.3, 0.4) is 0 Å². The molecular formula is C42H47BrN4O8Si. The predicted molar refractivity (Wildman–Crippen MR) is 215 cm³/mol. The molecule has 0 saturated carbocycles. The lowest BCUT2D eigenvalue weighted by Gasteiger charge is -2.55. The Morgan fingerprint density at radius 3 is 2.20 bits per heavy atom. The molecule has 56 heavy (non-hydrogen) atoms. The summed E-state index contributed by atoms with van der Waals surface area (Å²) in [5, 5.41) is 19.6. The molecule has 7 rings (SSSR count). The zero-order valence-electron chi connectivity index (χ0n) is 32.9. The first-order chi connectivity index (χ1) is 26.5. The number of Topliss-reactive ketones (excluding diaryl/α,β-unsaturated/α-hetero) is 2. The van der Waals surface area contributed by atoms with Gasteiger partial charge in [-0.3, -0.25) is 19.3 Å². The van der Waals surface area contributed by atoms with Gasteiger partial charge in [-0.25, -0.2) is 4.98 Å². The summed E-state index contributed by atoms with van der Waals surface area (Å²) in [4.78, 5) is 49.8. The molecule has 0 radical (unpaired) electrons. The highest BCUT2D eigenvalue weighted by molar-refractivity contribution is 9.10. The number of hydrogen-bond acceptors (Lipinski definition) is 11. The summed E-state index contributed by atoms with van der Waals surface area (Å²) in [6.45, 7) is 11.8. The number of hydrogen-bond donors (Lipinski definition) is 2. The molecule has 3 aliphatic rings. The number of fused-ring (bicyclic) bond motifs is 4. The van der Waals surface area contributed by atoms with E-state index in [2.05, 4.69) is 52.2 Å². The Balaban J connectivity index is 1.43. The van der Waals surface area contributed by atoms with E-state index in [1.54, 1.807) is 0 Å². The number of benzene rings is 2. The molecule has 2 aromatic heterocycles. The summed E-state index contributed by atoms with van der Waals surface area (Å²) in [5.74, 6) is -2.72. The van der Waals surface area contributed by atoms with Crippen molar-refractivity contribution >= 4 is 47.5 Å². The number of carbonyl (C=O) groups is 3. The van der Waals surface area contributed by atoms with Gasteiger partial charge in [0.25, 0.3) is 5.88 Å². The number of allylic oxidation sites excluding steroid dienone is 1. The molecule has 2 heterocycles. The number of rotatable bonds is 10. The number of nitrogens with one attached hydrogen (secondary N) is 1. The van der Waals surface area contributed by atoms with Gasteiger partial charge in [0.05, 0.1) is 11.6 Å². The second kappa shape index (κ2) is 14.7. The van der Waals surface area contributed by atoms with Crippen molar-refractivity contribution in [3.8, 4) is 11.6 Å². The van der Waals surface area contributed by atoms with Crippen LogP contribution in [0.1, 0.15) is 83.3 Å². The molecule has 2 N–H and O–H groups in total. The summed E-state index contributed by atoms with van der Waals surface area (Å²) in [5.41, 5.74) is 0.583. The highest BCUT2D eigenvalue weighted by Crippen LogP contribution is 2.60. The largest absolute Gasteiger partial charge is 0.508 e. The molecule has 14 heteroatoms. The molecule has 1 amide bonds. The zero-order valence-corrected chi connectivity index (χ0v) is 35.4. The van der Waals surface area contributed by atoms with Crippen molar-refractivity contribution < 1.29 is 37.9 Å². The molecule has 0 spiro atoms. The second-order valence-electron chi connectivity index (χ2n) is 16.6. The van der Waals surface area contributed by atoms with E-state index in [0.717, 1.165) is 11.1 Å². The third kappa shape index (κ3) is 6.69. The average molecular weight is 844 g/mol. The Morgan fingerprint density at radius 1 is 1.02 bits per heavy atom. The first-order valence-electron chi connectivity index (χ1n) is 18.7. The van der Waals surface area contributed by atoms with E-state index in [1.807, 2.05) is 92.8 Å². The molecule has 0 bridgehead atoms. The Labute approximate surface area is 335 Å². The standard InChI is InChI=1S/C42H47BrN4O8Si/c1-23(48)44-39-35(52-21-24-15-11-9-12-16-24)30-27(38(43)45-39)19-26-20-28-32(47(5)6)34-31(40(46-54-34)53-22-25-17-13-10-14-18-25)37(51)42(28,36(50)29(26)33(30)49)55-56(7,8)41(2,3)4/h9-18,26,28,32,50H,19-22H2,1-8H3,(H,44,45,48)/t26-,28-,32-,42-/m0/s1. The minimum absolute atomic E-state index is 0.0100. The Morgan fingerprint density at radius 2 is 1.62 bits per heavy atom. The summed E-state index contributed by atoms with van der Waals surface area (Å²) in [7, 11) is 0.842. The molecule has 0 saturated heterocycles. The van der Waals surface area contributed by atoms with Gasteiger partial charge < -0.3 is 28.8 Å². The van der Waals surface area contributed by atoms with Crippen LogP contribution in [0.15, 0.2) is 81.1 Å². The number of ether oxygens (including phenoxy) is 2.